The van der Waals surface area contributed by atoms with Gasteiger partial charge < -0.3 is 14.4 Å². The molecule has 3 nitrogen and oxygen atoms in total. The number of allylic oxidation sites excluding steroid dienone is 4. The molecule has 0 saturated heterocycles. The van der Waals surface area contributed by atoms with E-state index in [0.717, 1.165) is 39.7 Å². The summed E-state index contributed by atoms with van der Waals surface area (Å²) in [4.78, 5) is 2.22. The van der Waals surface area contributed by atoms with E-state index < -0.39 is 0 Å². The van der Waals surface area contributed by atoms with Gasteiger partial charge in [0.25, 0.3) is 0 Å². The molecule has 0 unspecified atom stereocenters. The first-order valence-corrected chi connectivity index (χ1v) is 15.4. The Hall–Kier alpha value is -5.54. The molecule has 0 atom stereocenters. The molecule has 0 N–H and O–H groups in total. The monoisotopic (exact) mass is 589 g/mol. The summed E-state index contributed by atoms with van der Waals surface area (Å²) < 4.78 is 12.0. The van der Waals surface area contributed by atoms with Crippen LogP contribution in [0.25, 0.3) is 24.3 Å². The second-order valence-corrected chi connectivity index (χ2v) is 10.3. The number of benzene rings is 5. The van der Waals surface area contributed by atoms with E-state index in [1.165, 1.54) is 11.1 Å². The molecule has 5 aromatic carbocycles. The van der Waals surface area contributed by atoms with Crippen LogP contribution >= 0.6 is 0 Å². The van der Waals surface area contributed by atoms with Gasteiger partial charge in [-0.1, -0.05) is 134 Å². The predicted octanol–water partition coefficient (Wildman–Crippen LogP) is 11.4. The average molecular weight is 590 g/mol. The molecule has 5 aromatic rings. The maximum atomic E-state index is 6.11. The molecular formula is C42H39NO2. The molecule has 0 radical (unpaired) electrons. The Morgan fingerprint density at radius 3 is 1.31 bits per heavy atom. The van der Waals surface area contributed by atoms with Crippen molar-refractivity contribution in [2.45, 2.75) is 13.8 Å². The Balaban J connectivity index is 1.43. The van der Waals surface area contributed by atoms with Crippen molar-refractivity contribution in [2.24, 2.45) is 0 Å². The molecule has 0 bridgehead atoms. The zero-order valence-corrected chi connectivity index (χ0v) is 25.9. The molecule has 0 aliphatic carbocycles. The standard InChI is InChI=1S/C42H39NO2/c1-3-44-40-31-32-42(45-4-2)41(33-40)43(38-27-23-36(24-28-38)21-13-11-19-34-15-7-5-8-16-34)39-29-25-37(26-30-39)22-14-12-20-35-17-9-6-10-18-35/h5-33H,3-4H2,1-2H3. The van der Waals surface area contributed by atoms with Crippen LogP contribution in [-0.4, -0.2) is 13.2 Å². The van der Waals surface area contributed by atoms with Gasteiger partial charge in [-0.15, -0.1) is 0 Å². The highest BCUT2D eigenvalue weighted by atomic mass is 16.5. The Morgan fingerprint density at radius 1 is 0.467 bits per heavy atom. The van der Waals surface area contributed by atoms with Crippen LogP contribution in [-0.2, 0) is 0 Å². The minimum atomic E-state index is 0.565. The largest absolute Gasteiger partial charge is 0.494 e. The number of rotatable bonds is 13. The van der Waals surface area contributed by atoms with E-state index in [4.69, 9.17) is 9.47 Å². The molecule has 5 rings (SSSR count). The van der Waals surface area contributed by atoms with Crippen LogP contribution in [0.5, 0.6) is 11.5 Å². The molecule has 0 fully saturated rings. The van der Waals surface area contributed by atoms with Gasteiger partial charge in [0.05, 0.1) is 18.9 Å². The van der Waals surface area contributed by atoms with Crippen molar-refractivity contribution in [3.05, 3.63) is 174 Å². The van der Waals surface area contributed by atoms with Crippen LogP contribution in [0.2, 0.25) is 0 Å². The zero-order chi connectivity index (χ0) is 31.1. The van der Waals surface area contributed by atoms with Gasteiger partial charge in [0.1, 0.15) is 11.5 Å². The third-order valence-corrected chi connectivity index (χ3v) is 7.06. The van der Waals surface area contributed by atoms with Gasteiger partial charge in [-0.05, 0) is 72.5 Å². The Morgan fingerprint density at radius 2 is 0.889 bits per heavy atom. The molecule has 3 heteroatoms. The van der Waals surface area contributed by atoms with Crippen molar-refractivity contribution in [1.82, 2.24) is 0 Å². The lowest BCUT2D eigenvalue weighted by Crippen LogP contribution is -2.12. The highest BCUT2D eigenvalue weighted by Gasteiger charge is 2.18. The van der Waals surface area contributed by atoms with Crippen LogP contribution in [0.3, 0.4) is 0 Å². The number of anilines is 3. The second kappa shape index (κ2) is 16.3. The van der Waals surface area contributed by atoms with Crippen LogP contribution in [0, 0.1) is 0 Å². The van der Waals surface area contributed by atoms with E-state index in [1.54, 1.807) is 0 Å². The maximum Gasteiger partial charge on any atom is 0.143 e. The number of nitrogens with zero attached hydrogens (tertiary/aromatic N) is 1. The summed E-state index contributed by atoms with van der Waals surface area (Å²) in [6.45, 7) is 5.16. The molecule has 0 aliphatic heterocycles. The van der Waals surface area contributed by atoms with Crippen molar-refractivity contribution in [1.29, 1.82) is 0 Å². The minimum Gasteiger partial charge on any atom is -0.494 e. The fraction of sp³-hybridized carbons (Fsp3) is 0.0952. The molecule has 0 aromatic heterocycles. The van der Waals surface area contributed by atoms with E-state index in [1.807, 2.05) is 62.4 Å². The van der Waals surface area contributed by atoms with Gasteiger partial charge in [-0.2, -0.15) is 0 Å². The summed E-state index contributed by atoms with van der Waals surface area (Å²) in [7, 11) is 0. The van der Waals surface area contributed by atoms with E-state index in [2.05, 4.69) is 132 Å². The lowest BCUT2D eigenvalue weighted by molar-refractivity contribution is 0.331. The first-order chi connectivity index (χ1) is 22.2. The van der Waals surface area contributed by atoms with Crippen LogP contribution in [0.4, 0.5) is 17.1 Å². The van der Waals surface area contributed by atoms with Crippen LogP contribution in [0.15, 0.2) is 152 Å². The van der Waals surface area contributed by atoms with E-state index in [0.29, 0.717) is 13.2 Å². The summed E-state index contributed by atoms with van der Waals surface area (Å²) in [5.74, 6) is 1.60. The average Bonchev–Trinajstić information content (AvgIpc) is 3.09. The minimum absolute atomic E-state index is 0.565. The lowest BCUT2D eigenvalue weighted by atomic mass is 10.1. The van der Waals surface area contributed by atoms with Crippen molar-refractivity contribution in [3.63, 3.8) is 0 Å². The first kappa shape index (κ1) is 30.9. The quantitative estimate of drug-likeness (QED) is 0.128. The molecule has 45 heavy (non-hydrogen) atoms. The number of ether oxygens (including phenoxy) is 2. The summed E-state index contributed by atoms with van der Waals surface area (Å²) in [6, 6.07) is 43.7. The summed E-state index contributed by atoms with van der Waals surface area (Å²) >= 11 is 0. The highest BCUT2D eigenvalue weighted by Crippen LogP contribution is 2.42. The van der Waals surface area contributed by atoms with Gasteiger partial charge in [0.15, 0.2) is 0 Å². The highest BCUT2D eigenvalue weighted by molar-refractivity contribution is 5.82. The molecule has 0 heterocycles. The topological polar surface area (TPSA) is 21.7 Å². The van der Waals surface area contributed by atoms with Crippen molar-refractivity contribution >= 4 is 41.4 Å². The molecule has 0 saturated carbocycles. The van der Waals surface area contributed by atoms with Gasteiger partial charge in [-0.3, -0.25) is 0 Å². The Labute approximate surface area is 267 Å². The van der Waals surface area contributed by atoms with E-state index in [9.17, 15) is 0 Å². The van der Waals surface area contributed by atoms with Crippen molar-refractivity contribution < 1.29 is 9.47 Å². The predicted molar refractivity (Wildman–Crippen MR) is 192 cm³/mol. The van der Waals surface area contributed by atoms with Crippen molar-refractivity contribution in [2.75, 3.05) is 18.1 Å². The molecule has 224 valence electrons. The summed E-state index contributed by atoms with van der Waals surface area (Å²) in [5, 5.41) is 0. The SMILES string of the molecule is CCOc1ccc(OCC)c(N(c2ccc(C=CC=Cc3ccccc3)cc2)c2ccc(C=CC=Cc3ccccc3)cc2)c1. The Kier molecular flexibility index (Phi) is 11.2. The maximum absolute atomic E-state index is 6.11. The molecular weight excluding hydrogens is 550 g/mol. The Bertz CT molecular complexity index is 1630. The van der Waals surface area contributed by atoms with Crippen LogP contribution < -0.4 is 14.4 Å². The first-order valence-electron chi connectivity index (χ1n) is 15.4. The molecule has 0 spiro atoms. The zero-order valence-electron chi connectivity index (χ0n) is 25.9. The van der Waals surface area contributed by atoms with Gasteiger partial charge in [0, 0.05) is 17.4 Å². The van der Waals surface area contributed by atoms with E-state index >= 15 is 0 Å². The molecule has 0 amide bonds. The lowest BCUT2D eigenvalue weighted by Gasteiger charge is -2.28. The normalized spacial score (nSPS) is 11.6. The van der Waals surface area contributed by atoms with Crippen LogP contribution in [0.1, 0.15) is 36.1 Å². The second-order valence-electron chi connectivity index (χ2n) is 10.3. The fourth-order valence-electron chi connectivity index (χ4n) is 4.90. The number of hydrogen-bond donors (Lipinski definition) is 0. The van der Waals surface area contributed by atoms with Gasteiger partial charge >= 0.3 is 0 Å². The third kappa shape index (κ3) is 8.98. The molecule has 0 aliphatic rings. The van der Waals surface area contributed by atoms with Crippen molar-refractivity contribution in [3.8, 4) is 11.5 Å². The third-order valence-electron chi connectivity index (χ3n) is 7.06. The summed E-state index contributed by atoms with van der Waals surface area (Å²) in [5.41, 5.74) is 7.56. The number of hydrogen-bond acceptors (Lipinski definition) is 3. The van der Waals surface area contributed by atoms with Gasteiger partial charge in [0.2, 0.25) is 0 Å². The van der Waals surface area contributed by atoms with E-state index in [-0.39, 0.29) is 0 Å². The fourth-order valence-corrected chi connectivity index (χ4v) is 4.90. The smallest absolute Gasteiger partial charge is 0.143 e. The van der Waals surface area contributed by atoms with Gasteiger partial charge in [-0.25, -0.2) is 0 Å². The summed E-state index contributed by atoms with van der Waals surface area (Å²) in [6.07, 6.45) is 16.7.